The molecule has 1 aromatic heterocycles. The molecule has 2 atom stereocenters. The van der Waals surface area contributed by atoms with Crippen LogP contribution in [-0.2, 0) is 20.0 Å². The lowest BCUT2D eigenvalue weighted by molar-refractivity contribution is 0.134. The molecule has 0 saturated carbocycles. The minimum absolute atomic E-state index is 0.0270. The van der Waals surface area contributed by atoms with Gasteiger partial charge in [0.1, 0.15) is 5.15 Å². The quantitative estimate of drug-likeness (QED) is 0.862. The van der Waals surface area contributed by atoms with Gasteiger partial charge in [0.25, 0.3) is 0 Å². The van der Waals surface area contributed by atoms with Crippen LogP contribution in [-0.4, -0.2) is 27.0 Å². The number of aliphatic hydroxyl groups excluding tert-OH is 1. The lowest BCUT2D eigenvalue weighted by Crippen LogP contribution is -2.38. The normalized spacial score (nSPS) is 14.1. The lowest BCUT2D eigenvalue weighted by atomic mass is 10.0. The molecule has 2 rings (SSSR count). The second-order valence-electron chi connectivity index (χ2n) is 5.41. The summed E-state index contributed by atoms with van der Waals surface area (Å²) in [5.74, 6) is 0. The van der Waals surface area contributed by atoms with Gasteiger partial charge in [-0.05, 0) is 25.8 Å². The number of nitrogens with one attached hydrogen (secondary N) is 1. The van der Waals surface area contributed by atoms with Crippen molar-refractivity contribution in [2.75, 3.05) is 0 Å². The first-order valence-electron chi connectivity index (χ1n) is 7.12. The highest BCUT2D eigenvalue weighted by Gasteiger charge is 2.17. The van der Waals surface area contributed by atoms with Crippen LogP contribution in [0.3, 0.4) is 0 Å². The topological polar surface area (TPSA) is 50.1 Å². The fourth-order valence-electron chi connectivity index (χ4n) is 2.31. The molecule has 2 aromatic rings. The van der Waals surface area contributed by atoms with Crippen LogP contribution in [0.25, 0.3) is 0 Å². The summed E-state index contributed by atoms with van der Waals surface area (Å²) in [6.07, 6.45) is 0.192. The molecule has 21 heavy (non-hydrogen) atoms. The monoisotopic (exact) mass is 307 g/mol. The first-order valence-corrected chi connectivity index (χ1v) is 7.50. The lowest BCUT2D eigenvalue weighted by Gasteiger charge is -2.20. The van der Waals surface area contributed by atoms with Crippen molar-refractivity contribution in [1.29, 1.82) is 0 Å². The van der Waals surface area contributed by atoms with E-state index in [0.29, 0.717) is 18.1 Å². The van der Waals surface area contributed by atoms with Crippen molar-refractivity contribution < 1.29 is 5.11 Å². The third-order valence-corrected chi connectivity index (χ3v) is 4.21. The molecule has 0 amide bonds. The maximum absolute atomic E-state index is 10.3. The van der Waals surface area contributed by atoms with Gasteiger partial charge in [-0.25, -0.2) is 0 Å². The van der Waals surface area contributed by atoms with Crippen molar-refractivity contribution in [3.8, 4) is 0 Å². The van der Waals surface area contributed by atoms with E-state index >= 15 is 0 Å². The fourth-order valence-corrected chi connectivity index (χ4v) is 2.55. The number of benzene rings is 1. The van der Waals surface area contributed by atoms with Gasteiger partial charge < -0.3 is 10.4 Å². The van der Waals surface area contributed by atoms with E-state index in [1.54, 1.807) is 4.68 Å². The Morgan fingerprint density at radius 2 is 2.00 bits per heavy atom. The molecule has 1 aromatic carbocycles. The summed E-state index contributed by atoms with van der Waals surface area (Å²) in [5.41, 5.74) is 3.03. The summed E-state index contributed by atoms with van der Waals surface area (Å²) in [5, 5.41) is 18.5. The maximum Gasteiger partial charge on any atom is 0.131 e. The van der Waals surface area contributed by atoms with Crippen molar-refractivity contribution in [1.82, 2.24) is 15.1 Å². The number of aromatic nitrogens is 2. The zero-order valence-electron chi connectivity index (χ0n) is 12.7. The van der Waals surface area contributed by atoms with Crippen molar-refractivity contribution >= 4 is 11.6 Å². The molecular formula is C16H22ClN3O. The van der Waals surface area contributed by atoms with Crippen LogP contribution in [0, 0.1) is 6.92 Å². The van der Waals surface area contributed by atoms with Crippen molar-refractivity contribution in [3.63, 3.8) is 0 Å². The molecule has 4 nitrogen and oxygen atoms in total. The van der Waals surface area contributed by atoms with Gasteiger partial charge in [-0.15, -0.1) is 0 Å². The average molecular weight is 308 g/mol. The number of hydrogen-bond acceptors (Lipinski definition) is 3. The summed E-state index contributed by atoms with van der Waals surface area (Å²) in [7, 11) is 1.83. The largest absolute Gasteiger partial charge is 0.391 e. The molecule has 0 fully saturated rings. The molecule has 5 heteroatoms. The third-order valence-electron chi connectivity index (χ3n) is 3.74. The highest BCUT2D eigenvalue weighted by atomic mass is 35.5. The van der Waals surface area contributed by atoms with Crippen LogP contribution >= 0.6 is 11.6 Å². The molecule has 114 valence electrons. The van der Waals surface area contributed by atoms with Gasteiger partial charge in [-0.2, -0.15) is 5.10 Å². The van der Waals surface area contributed by atoms with Crippen molar-refractivity contribution in [3.05, 3.63) is 52.3 Å². The van der Waals surface area contributed by atoms with Crippen LogP contribution < -0.4 is 5.32 Å². The summed E-state index contributed by atoms with van der Waals surface area (Å²) >= 11 is 6.20. The standard InChI is InChI=1S/C16H22ClN3O/c1-11-14(16(17)20(3)19-11)10-18-12(2)15(21)9-13-7-5-4-6-8-13/h4-8,12,15,18,21H,9-10H2,1-3H3. The number of aryl methyl sites for hydroxylation is 2. The molecule has 0 aliphatic rings. The van der Waals surface area contributed by atoms with Gasteiger partial charge in [0, 0.05) is 25.2 Å². The highest BCUT2D eigenvalue weighted by molar-refractivity contribution is 6.30. The predicted molar refractivity (Wildman–Crippen MR) is 85.4 cm³/mol. The second-order valence-corrected chi connectivity index (χ2v) is 5.76. The number of nitrogens with zero attached hydrogens (tertiary/aromatic N) is 2. The first kappa shape index (κ1) is 16.0. The van der Waals surface area contributed by atoms with Crippen LogP contribution in [0.15, 0.2) is 30.3 Å². The van der Waals surface area contributed by atoms with E-state index in [4.69, 9.17) is 11.6 Å². The molecule has 2 N–H and O–H groups in total. The molecule has 0 bridgehead atoms. The van der Waals surface area contributed by atoms with Gasteiger partial charge in [-0.3, -0.25) is 4.68 Å². The fraction of sp³-hybridized carbons (Fsp3) is 0.438. The van der Waals surface area contributed by atoms with E-state index in [1.807, 2.05) is 51.2 Å². The highest BCUT2D eigenvalue weighted by Crippen LogP contribution is 2.18. The zero-order chi connectivity index (χ0) is 15.4. The van der Waals surface area contributed by atoms with Gasteiger partial charge in [0.2, 0.25) is 0 Å². The number of aliphatic hydroxyl groups is 1. The summed E-state index contributed by atoms with van der Waals surface area (Å²) in [6.45, 7) is 4.52. The Kier molecular flexibility index (Phi) is 5.39. The Bertz CT molecular complexity index is 583. The minimum atomic E-state index is -0.442. The summed E-state index contributed by atoms with van der Waals surface area (Å²) in [4.78, 5) is 0. The molecular weight excluding hydrogens is 286 g/mol. The first-order chi connectivity index (χ1) is 9.99. The van der Waals surface area contributed by atoms with Gasteiger partial charge >= 0.3 is 0 Å². The Morgan fingerprint density at radius 1 is 1.33 bits per heavy atom. The van der Waals surface area contributed by atoms with E-state index < -0.39 is 6.10 Å². The van der Waals surface area contributed by atoms with E-state index in [2.05, 4.69) is 10.4 Å². The van der Waals surface area contributed by atoms with Crippen LogP contribution in [0.2, 0.25) is 5.15 Å². The molecule has 0 spiro atoms. The van der Waals surface area contributed by atoms with E-state index in [9.17, 15) is 5.11 Å². The number of rotatable bonds is 6. The van der Waals surface area contributed by atoms with E-state index in [1.165, 1.54) is 0 Å². The Balaban J connectivity index is 1.90. The van der Waals surface area contributed by atoms with Crippen molar-refractivity contribution in [2.45, 2.75) is 39.0 Å². The van der Waals surface area contributed by atoms with Crippen LogP contribution in [0.1, 0.15) is 23.7 Å². The Morgan fingerprint density at radius 3 is 2.57 bits per heavy atom. The smallest absolute Gasteiger partial charge is 0.131 e. The Hall–Kier alpha value is -1.36. The molecule has 0 saturated heterocycles. The maximum atomic E-state index is 10.3. The number of hydrogen-bond donors (Lipinski definition) is 2. The van der Waals surface area contributed by atoms with E-state index in [0.717, 1.165) is 16.8 Å². The third kappa shape index (κ3) is 4.06. The van der Waals surface area contributed by atoms with Crippen LogP contribution in [0.5, 0.6) is 0 Å². The average Bonchev–Trinajstić information content (AvgIpc) is 2.71. The van der Waals surface area contributed by atoms with Crippen LogP contribution in [0.4, 0.5) is 0 Å². The molecule has 0 radical (unpaired) electrons. The molecule has 1 heterocycles. The number of halogens is 1. The van der Waals surface area contributed by atoms with Gasteiger partial charge in [-0.1, -0.05) is 41.9 Å². The summed E-state index contributed by atoms with van der Waals surface area (Å²) < 4.78 is 1.67. The SMILES string of the molecule is Cc1nn(C)c(Cl)c1CNC(C)C(O)Cc1ccccc1. The Labute approximate surface area is 130 Å². The minimum Gasteiger partial charge on any atom is -0.391 e. The molecule has 0 aliphatic heterocycles. The van der Waals surface area contributed by atoms with Gasteiger partial charge in [0.05, 0.1) is 11.8 Å². The molecule has 0 aliphatic carbocycles. The van der Waals surface area contributed by atoms with Crippen molar-refractivity contribution in [2.24, 2.45) is 7.05 Å². The second kappa shape index (κ2) is 7.07. The van der Waals surface area contributed by atoms with Gasteiger partial charge in [0.15, 0.2) is 0 Å². The summed E-state index contributed by atoms with van der Waals surface area (Å²) in [6, 6.07) is 9.97. The molecule has 2 unspecified atom stereocenters. The zero-order valence-corrected chi connectivity index (χ0v) is 13.4. The van der Waals surface area contributed by atoms with E-state index in [-0.39, 0.29) is 6.04 Å². The predicted octanol–water partition coefficient (Wildman–Crippen LogP) is 2.46.